The molecule has 3 aromatic carbocycles. The number of carbonyl (C=O) groups is 1. The minimum Gasteiger partial charge on any atom is -0.493 e. The van der Waals surface area contributed by atoms with Crippen molar-refractivity contribution < 1.29 is 22.7 Å². The van der Waals surface area contributed by atoms with E-state index < -0.39 is 9.84 Å². The Hall–Kier alpha value is -3.52. The number of nitrogens with one attached hydrogen (secondary N) is 2. The van der Waals surface area contributed by atoms with Crippen LogP contribution >= 0.6 is 0 Å². The molecular formula is C25H28N2O5S. The number of ether oxygens (including phenoxy) is 2. The number of methoxy groups -OCH3 is 2. The van der Waals surface area contributed by atoms with Crippen LogP contribution in [-0.4, -0.2) is 41.6 Å². The summed E-state index contributed by atoms with van der Waals surface area (Å²) in [6.07, 6.45) is 0.616. The van der Waals surface area contributed by atoms with Crippen molar-refractivity contribution in [1.29, 1.82) is 0 Å². The highest BCUT2D eigenvalue weighted by molar-refractivity contribution is 7.91. The third-order valence-corrected chi connectivity index (χ3v) is 6.96. The van der Waals surface area contributed by atoms with Gasteiger partial charge in [-0.1, -0.05) is 35.9 Å². The Morgan fingerprint density at radius 3 is 2.30 bits per heavy atom. The number of hydrogen-bond donors (Lipinski definition) is 2. The molecule has 174 valence electrons. The molecule has 33 heavy (non-hydrogen) atoms. The highest BCUT2D eigenvalue weighted by atomic mass is 32.2. The number of anilines is 1. The first-order valence-corrected chi connectivity index (χ1v) is 12.0. The van der Waals surface area contributed by atoms with Crippen LogP contribution in [0.4, 0.5) is 5.69 Å². The summed E-state index contributed by atoms with van der Waals surface area (Å²) in [5.74, 6) is 1.04. The Bertz CT molecular complexity index is 1210. The molecule has 0 spiro atoms. The van der Waals surface area contributed by atoms with Crippen LogP contribution in [0, 0.1) is 6.92 Å². The molecule has 8 heteroatoms. The van der Waals surface area contributed by atoms with Crippen LogP contribution in [0.25, 0.3) is 0 Å². The van der Waals surface area contributed by atoms with E-state index in [-0.39, 0.29) is 22.2 Å². The Morgan fingerprint density at radius 1 is 0.909 bits per heavy atom. The fourth-order valence-corrected chi connectivity index (χ4v) is 4.75. The second-order valence-electron chi connectivity index (χ2n) is 7.46. The van der Waals surface area contributed by atoms with Gasteiger partial charge in [0.2, 0.25) is 15.7 Å². The maximum atomic E-state index is 13.1. The number of para-hydroxylation sites is 1. The minimum atomic E-state index is -3.72. The van der Waals surface area contributed by atoms with Gasteiger partial charge < -0.3 is 20.1 Å². The lowest BCUT2D eigenvalue weighted by Crippen LogP contribution is -2.31. The molecule has 3 aromatic rings. The summed E-state index contributed by atoms with van der Waals surface area (Å²) in [5.41, 5.74) is 2.36. The number of rotatable bonds is 10. The zero-order valence-corrected chi connectivity index (χ0v) is 19.7. The van der Waals surface area contributed by atoms with Crippen molar-refractivity contribution in [2.75, 3.05) is 32.6 Å². The van der Waals surface area contributed by atoms with Crippen LogP contribution in [0.5, 0.6) is 11.5 Å². The van der Waals surface area contributed by atoms with Crippen molar-refractivity contribution in [3.63, 3.8) is 0 Å². The van der Waals surface area contributed by atoms with Crippen molar-refractivity contribution in [1.82, 2.24) is 5.32 Å². The van der Waals surface area contributed by atoms with Crippen LogP contribution in [0.15, 0.2) is 76.5 Å². The summed E-state index contributed by atoms with van der Waals surface area (Å²) in [6, 6.07) is 18.9. The molecule has 0 atom stereocenters. The highest BCUT2D eigenvalue weighted by Gasteiger charge is 2.21. The first kappa shape index (κ1) is 24.1. The minimum absolute atomic E-state index is 0.0492. The van der Waals surface area contributed by atoms with Crippen molar-refractivity contribution in [3.8, 4) is 11.5 Å². The third-order valence-electron chi connectivity index (χ3n) is 5.13. The summed E-state index contributed by atoms with van der Waals surface area (Å²) < 4.78 is 36.7. The van der Waals surface area contributed by atoms with Gasteiger partial charge in [-0.2, -0.15) is 0 Å². The van der Waals surface area contributed by atoms with Gasteiger partial charge in [-0.15, -0.1) is 0 Å². The van der Waals surface area contributed by atoms with Crippen LogP contribution < -0.4 is 20.1 Å². The predicted molar refractivity (Wildman–Crippen MR) is 128 cm³/mol. The summed E-state index contributed by atoms with van der Waals surface area (Å²) in [6.45, 7) is 2.28. The second-order valence-corrected chi connectivity index (χ2v) is 9.37. The number of carbonyl (C=O) groups excluding carboxylic acids is 1. The number of benzene rings is 3. The monoisotopic (exact) mass is 468 g/mol. The van der Waals surface area contributed by atoms with E-state index in [1.54, 1.807) is 56.7 Å². The lowest BCUT2D eigenvalue weighted by molar-refractivity contribution is -0.119. The van der Waals surface area contributed by atoms with Gasteiger partial charge in [0.05, 0.1) is 36.2 Å². The SMILES string of the molecule is COc1ccc(CCNC(=O)CNc2ccccc2S(=O)(=O)c2ccc(C)cc2)cc1OC. The average molecular weight is 469 g/mol. The van der Waals surface area contributed by atoms with E-state index in [9.17, 15) is 13.2 Å². The Morgan fingerprint density at radius 2 is 1.61 bits per heavy atom. The smallest absolute Gasteiger partial charge is 0.239 e. The van der Waals surface area contributed by atoms with Crippen LogP contribution in [0.2, 0.25) is 0 Å². The maximum absolute atomic E-state index is 13.1. The summed E-state index contributed by atoms with van der Waals surface area (Å²) >= 11 is 0. The van der Waals surface area contributed by atoms with Gasteiger partial charge in [-0.05, 0) is 55.3 Å². The highest BCUT2D eigenvalue weighted by Crippen LogP contribution is 2.28. The second kappa shape index (κ2) is 10.9. The molecule has 7 nitrogen and oxygen atoms in total. The topological polar surface area (TPSA) is 93.7 Å². The predicted octanol–water partition coefficient (Wildman–Crippen LogP) is 3.62. The van der Waals surface area contributed by atoms with Gasteiger partial charge in [0.1, 0.15) is 0 Å². The number of aryl methyl sites for hydroxylation is 1. The van der Waals surface area contributed by atoms with Gasteiger partial charge >= 0.3 is 0 Å². The lowest BCUT2D eigenvalue weighted by Gasteiger charge is -2.13. The summed E-state index contributed by atoms with van der Waals surface area (Å²) in [4.78, 5) is 12.7. The molecule has 0 radical (unpaired) electrons. The van der Waals surface area contributed by atoms with Gasteiger partial charge in [0.15, 0.2) is 11.5 Å². The van der Waals surface area contributed by atoms with Crippen molar-refractivity contribution in [2.45, 2.75) is 23.1 Å². The van der Waals surface area contributed by atoms with Crippen molar-refractivity contribution >= 4 is 21.4 Å². The maximum Gasteiger partial charge on any atom is 0.239 e. The Balaban J connectivity index is 1.59. The van der Waals surface area contributed by atoms with Gasteiger partial charge in [-0.3, -0.25) is 4.79 Å². The molecule has 0 fully saturated rings. The average Bonchev–Trinajstić information content (AvgIpc) is 2.83. The quantitative estimate of drug-likeness (QED) is 0.472. The summed E-state index contributed by atoms with van der Waals surface area (Å²) in [5, 5.41) is 5.80. The molecular weight excluding hydrogens is 440 g/mol. The lowest BCUT2D eigenvalue weighted by atomic mass is 10.1. The third kappa shape index (κ3) is 6.04. The standard InChI is InChI=1S/C25H28N2O5S/c1-18-8-11-20(12-9-18)33(29,30)24-7-5-4-6-21(24)27-17-25(28)26-15-14-19-10-13-22(31-2)23(16-19)32-3/h4-13,16,27H,14-15,17H2,1-3H3,(H,26,28). The fraction of sp³-hybridized carbons (Fsp3) is 0.240. The van der Waals surface area contributed by atoms with Crippen molar-refractivity contribution in [3.05, 3.63) is 77.9 Å². The number of sulfone groups is 1. The largest absolute Gasteiger partial charge is 0.493 e. The van der Waals surface area contributed by atoms with Gasteiger partial charge in [0.25, 0.3) is 0 Å². The number of amides is 1. The van der Waals surface area contributed by atoms with E-state index in [0.717, 1.165) is 11.1 Å². The molecule has 0 saturated heterocycles. The van der Waals surface area contributed by atoms with Crippen molar-refractivity contribution in [2.24, 2.45) is 0 Å². The molecule has 2 N–H and O–H groups in total. The van der Waals surface area contributed by atoms with Crippen LogP contribution in [0.1, 0.15) is 11.1 Å². The fourth-order valence-electron chi connectivity index (χ4n) is 3.31. The van der Waals surface area contributed by atoms with Gasteiger partial charge in [-0.25, -0.2) is 8.42 Å². The Kier molecular flexibility index (Phi) is 7.95. The van der Waals surface area contributed by atoms with E-state index in [1.165, 1.54) is 6.07 Å². The molecule has 0 unspecified atom stereocenters. The molecule has 0 aliphatic heterocycles. The normalized spacial score (nSPS) is 11.0. The zero-order chi connectivity index (χ0) is 23.8. The first-order chi connectivity index (χ1) is 15.8. The molecule has 0 bridgehead atoms. The van der Waals surface area contributed by atoms with Crippen LogP contribution in [-0.2, 0) is 21.1 Å². The molecule has 1 amide bonds. The zero-order valence-electron chi connectivity index (χ0n) is 18.9. The molecule has 0 aliphatic carbocycles. The van der Waals surface area contributed by atoms with E-state index in [1.807, 2.05) is 25.1 Å². The number of hydrogen-bond acceptors (Lipinski definition) is 6. The van der Waals surface area contributed by atoms with E-state index >= 15 is 0 Å². The molecule has 0 saturated carbocycles. The van der Waals surface area contributed by atoms with E-state index in [4.69, 9.17) is 9.47 Å². The summed E-state index contributed by atoms with van der Waals surface area (Å²) in [7, 11) is -0.562. The molecule has 0 aromatic heterocycles. The first-order valence-electron chi connectivity index (χ1n) is 10.5. The van der Waals surface area contributed by atoms with E-state index in [0.29, 0.717) is 30.2 Å². The molecule has 3 rings (SSSR count). The molecule has 0 aliphatic rings. The Labute approximate surface area is 194 Å². The molecule has 0 heterocycles. The van der Waals surface area contributed by atoms with Crippen LogP contribution in [0.3, 0.4) is 0 Å². The van der Waals surface area contributed by atoms with Gasteiger partial charge in [0, 0.05) is 6.54 Å². The van der Waals surface area contributed by atoms with E-state index in [2.05, 4.69) is 10.6 Å².